The largest absolute Gasteiger partial charge is 0.497 e. The Hall–Kier alpha value is -1.18. The standard InChI is InChI=1S/C10H12O2/c1-7-6-12-10-4-3-8(11-2)5-9(7)10/h3-5,7H,6H2,1-2H3/t7-/m1/s1. The lowest BCUT2D eigenvalue weighted by atomic mass is 10.0. The maximum atomic E-state index is 5.45. The summed E-state index contributed by atoms with van der Waals surface area (Å²) in [6.45, 7) is 2.95. The number of benzene rings is 1. The van der Waals surface area contributed by atoms with Crippen LogP contribution in [0.15, 0.2) is 18.2 Å². The fourth-order valence-electron chi connectivity index (χ4n) is 1.47. The highest BCUT2D eigenvalue weighted by atomic mass is 16.5. The van der Waals surface area contributed by atoms with E-state index in [0.29, 0.717) is 5.92 Å². The van der Waals surface area contributed by atoms with Crippen molar-refractivity contribution in [2.45, 2.75) is 12.8 Å². The molecule has 0 bridgehead atoms. The first-order valence-corrected chi connectivity index (χ1v) is 4.12. The Bertz CT molecular complexity index is 294. The lowest BCUT2D eigenvalue weighted by Gasteiger charge is -2.03. The van der Waals surface area contributed by atoms with Crippen molar-refractivity contribution in [1.82, 2.24) is 0 Å². The van der Waals surface area contributed by atoms with Crippen LogP contribution in [-0.4, -0.2) is 13.7 Å². The highest BCUT2D eigenvalue weighted by Crippen LogP contribution is 2.35. The molecule has 0 aromatic heterocycles. The van der Waals surface area contributed by atoms with Crippen LogP contribution in [-0.2, 0) is 0 Å². The molecule has 2 rings (SSSR count). The van der Waals surface area contributed by atoms with Gasteiger partial charge in [0.1, 0.15) is 11.5 Å². The number of hydrogen-bond acceptors (Lipinski definition) is 2. The Balaban J connectivity index is 2.43. The molecule has 1 aromatic rings. The third-order valence-electron chi connectivity index (χ3n) is 2.24. The fraction of sp³-hybridized carbons (Fsp3) is 0.400. The van der Waals surface area contributed by atoms with Gasteiger partial charge in [0, 0.05) is 11.5 Å². The summed E-state index contributed by atoms with van der Waals surface area (Å²) in [5.74, 6) is 2.41. The van der Waals surface area contributed by atoms with E-state index in [1.807, 2.05) is 18.2 Å². The molecule has 0 saturated heterocycles. The molecule has 64 valence electrons. The summed E-state index contributed by atoms with van der Waals surface area (Å²) in [6.07, 6.45) is 0. The minimum Gasteiger partial charge on any atom is -0.497 e. The van der Waals surface area contributed by atoms with Gasteiger partial charge in [0.15, 0.2) is 0 Å². The van der Waals surface area contributed by atoms with Crippen LogP contribution in [0, 0.1) is 0 Å². The minimum absolute atomic E-state index is 0.495. The Morgan fingerprint density at radius 1 is 1.50 bits per heavy atom. The number of methoxy groups -OCH3 is 1. The number of rotatable bonds is 1. The van der Waals surface area contributed by atoms with E-state index in [9.17, 15) is 0 Å². The van der Waals surface area contributed by atoms with E-state index in [1.165, 1.54) is 5.56 Å². The molecule has 12 heavy (non-hydrogen) atoms. The predicted molar refractivity (Wildman–Crippen MR) is 46.9 cm³/mol. The van der Waals surface area contributed by atoms with Crippen LogP contribution in [0.2, 0.25) is 0 Å². The van der Waals surface area contributed by atoms with Gasteiger partial charge in [0.05, 0.1) is 13.7 Å². The molecule has 1 aliphatic heterocycles. The van der Waals surface area contributed by atoms with Gasteiger partial charge < -0.3 is 9.47 Å². The molecular weight excluding hydrogens is 152 g/mol. The van der Waals surface area contributed by atoms with Crippen LogP contribution in [0.1, 0.15) is 18.4 Å². The van der Waals surface area contributed by atoms with Gasteiger partial charge in [-0.25, -0.2) is 0 Å². The van der Waals surface area contributed by atoms with E-state index in [0.717, 1.165) is 18.1 Å². The third kappa shape index (κ3) is 1.04. The molecule has 2 nitrogen and oxygen atoms in total. The highest BCUT2D eigenvalue weighted by Gasteiger charge is 2.19. The first kappa shape index (κ1) is 7.47. The van der Waals surface area contributed by atoms with E-state index in [-0.39, 0.29) is 0 Å². The van der Waals surface area contributed by atoms with Crippen molar-refractivity contribution < 1.29 is 9.47 Å². The SMILES string of the molecule is COc1ccc2c(c1)[C@H](C)CO2. The molecule has 1 aliphatic rings. The van der Waals surface area contributed by atoms with Gasteiger partial charge in [-0.3, -0.25) is 0 Å². The topological polar surface area (TPSA) is 18.5 Å². The second-order valence-electron chi connectivity index (χ2n) is 3.12. The van der Waals surface area contributed by atoms with Gasteiger partial charge in [0.25, 0.3) is 0 Å². The van der Waals surface area contributed by atoms with Crippen molar-refractivity contribution in [2.24, 2.45) is 0 Å². The Kier molecular flexibility index (Phi) is 1.68. The molecule has 0 fully saturated rings. The van der Waals surface area contributed by atoms with E-state index in [4.69, 9.17) is 9.47 Å². The van der Waals surface area contributed by atoms with Gasteiger partial charge in [-0.05, 0) is 18.2 Å². The maximum Gasteiger partial charge on any atom is 0.123 e. The first-order valence-electron chi connectivity index (χ1n) is 4.12. The molecule has 1 aromatic carbocycles. The third-order valence-corrected chi connectivity index (χ3v) is 2.24. The van der Waals surface area contributed by atoms with E-state index in [2.05, 4.69) is 6.92 Å². The second-order valence-corrected chi connectivity index (χ2v) is 3.12. The van der Waals surface area contributed by atoms with Crippen molar-refractivity contribution in [2.75, 3.05) is 13.7 Å². The van der Waals surface area contributed by atoms with Crippen LogP contribution >= 0.6 is 0 Å². The predicted octanol–water partition coefficient (Wildman–Crippen LogP) is 2.19. The summed E-state index contributed by atoms with van der Waals surface area (Å²) in [7, 11) is 1.68. The van der Waals surface area contributed by atoms with Crippen molar-refractivity contribution in [3.63, 3.8) is 0 Å². The van der Waals surface area contributed by atoms with Gasteiger partial charge in [-0.15, -0.1) is 0 Å². The average molecular weight is 164 g/mol. The Morgan fingerprint density at radius 3 is 3.08 bits per heavy atom. The maximum absolute atomic E-state index is 5.45. The van der Waals surface area contributed by atoms with Gasteiger partial charge >= 0.3 is 0 Å². The van der Waals surface area contributed by atoms with Gasteiger partial charge in [0.2, 0.25) is 0 Å². The van der Waals surface area contributed by atoms with Gasteiger partial charge in [-0.1, -0.05) is 6.92 Å². The average Bonchev–Trinajstić information content (AvgIpc) is 2.47. The van der Waals surface area contributed by atoms with Crippen LogP contribution in [0.3, 0.4) is 0 Å². The number of fused-ring (bicyclic) bond motifs is 1. The lowest BCUT2D eigenvalue weighted by molar-refractivity contribution is 0.337. The molecule has 0 N–H and O–H groups in total. The number of ether oxygens (including phenoxy) is 2. The van der Waals surface area contributed by atoms with Crippen LogP contribution in [0.5, 0.6) is 11.5 Å². The highest BCUT2D eigenvalue weighted by molar-refractivity contribution is 5.44. The summed E-state index contributed by atoms with van der Waals surface area (Å²) in [5.41, 5.74) is 1.26. The fourth-order valence-corrected chi connectivity index (χ4v) is 1.47. The lowest BCUT2D eigenvalue weighted by Crippen LogP contribution is -1.93. The van der Waals surface area contributed by atoms with E-state index in [1.54, 1.807) is 7.11 Å². The monoisotopic (exact) mass is 164 g/mol. The zero-order chi connectivity index (χ0) is 8.55. The normalized spacial score (nSPS) is 20.0. The summed E-state index contributed by atoms with van der Waals surface area (Å²) < 4.78 is 10.6. The smallest absolute Gasteiger partial charge is 0.123 e. The zero-order valence-electron chi connectivity index (χ0n) is 7.33. The quantitative estimate of drug-likeness (QED) is 0.633. The summed E-state index contributed by atoms with van der Waals surface area (Å²) in [6, 6.07) is 5.95. The van der Waals surface area contributed by atoms with Crippen molar-refractivity contribution in [3.8, 4) is 11.5 Å². The molecule has 0 radical (unpaired) electrons. The zero-order valence-corrected chi connectivity index (χ0v) is 7.33. The van der Waals surface area contributed by atoms with Crippen LogP contribution < -0.4 is 9.47 Å². The molecule has 0 aliphatic carbocycles. The summed E-state index contributed by atoms with van der Waals surface area (Å²) >= 11 is 0. The van der Waals surface area contributed by atoms with Crippen molar-refractivity contribution in [1.29, 1.82) is 0 Å². The van der Waals surface area contributed by atoms with E-state index >= 15 is 0 Å². The first-order chi connectivity index (χ1) is 5.81. The minimum atomic E-state index is 0.495. The molecule has 0 unspecified atom stereocenters. The van der Waals surface area contributed by atoms with Gasteiger partial charge in [-0.2, -0.15) is 0 Å². The molecule has 0 spiro atoms. The Labute approximate surface area is 72.1 Å². The molecule has 0 amide bonds. The summed E-state index contributed by atoms with van der Waals surface area (Å²) in [5, 5.41) is 0. The van der Waals surface area contributed by atoms with Crippen LogP contribution in [0.4, 0.5) is 0 Å². The number of hydrogen-bond donors (Lipinski definition) is 0. The van der Waals surface area contributed by atoms with Crippen molar-refractivity contribution >= 4 is 0 Å². The molecule has 1 heterocycles. The van der Waals surface area contributed by atoms with Crippen LogP contribution in [0.25, 0.3) is 0 Å². The Morgan fingerprint density at radius 2 is 2.33 bits per heavy atom. The van der Waals surface area contributed by atoms with E-state index < -0.39 is 0 Å². The molecule has 2 heteroatoms. The summed E-state index contributed by atoms with van der Waals surface area (Å²) in [4.78, 5) is 0. The molecule has 1 atom stereocenters. The van der Waals surface area contributed by atoms with Crippen molar-refractivity contribution in [3.05, 3.63) is 23.8 Å². The molecular formula is C10H12O2. The molecule has 0 saturated carbocycles. The second kappa shape index (κ2) is 2.70.